The van der Waals surface area contributed by atoms with E-state index in [0.29, 0.717) is 24.1 Å². The molecular formula is C14H17ClN2O4. The maximum atomic E-state index is 11.9. The predicted octanol–water partition coefficient (Wildman–Crippen LogP) is 3.45. The van der Waals surface area contributed by atoms with Gasteiger partial charge in [0.25, 0.3) is 5.69 Å². The van der Waals surface area contributed by atoms with Gasteiger partial charge in [-0.2, -0.15) is 0 Å². The van der Waals surface area contributed by atoms with Crippen LogP contribution in [0.4, 0.5) is 11.4 Å². The summed E-state index contributed by atoms with van der Waals surface area (Å²) < 4.78 is 5.46. The number of nitrogens with zero attached hydrogens (tertiary/aromatic N) is 1. The van der Waals surface area contributed by atoms with Crippen LogP contribution in [0.1, 0.15) is 31.2 Å². The monoisotopic (exact) mass is 312 g/mol. The summed E-state index contributed by atoms with van der Waals surface area (Å²) in [6.45, 7) is 2.50. The molecule has 1 aromatic rings. The number of carbonyl (C=O) groups is 1. The Hall–Kier alpha value is -1.66. The molecule has 6 nitrogen and oxygen atoms in total. The van der Waals surface area contributed by atoms with Crippen LogP contribution in [0.15, 0.2) is 12.1 Å². The second-order valence-corrected chi connectivity index (χ2v) is 5.50. The van der Waals surface area contributed by atoms with E-state index >= 15 is 0 Å². The lowest BCUT2D eigenvalue weighted by atomic mass is 10.1. The van der Waals surface area contributed by atoms with Gasteiger partial charge in [-0.3, -0.25) is 14.9 Å². The third-order valence-corrected chi connectivity index (χ3v) is 3.78. The zero-order valence-electron chi connectivity index (χ0n) is 11.7. The van der Waals surface area contributed by atoms with E-state index in [9.17, 15) is 14.9 Å². The first-order valence-electron chi connectivity index (χ1n) is 6.83. The average molecular weight is 313 g/mol. The van der Waals surface area contributed by atoms with Gasteiger partial charge in [-0.15, -0.1) is 0 Å². The van der Waals surface area contributed by atoms with Crippen molar-refractivity contribution >= 4 is 28.9 Å². The van der Waals surface area contributed by atoms with Crippen LogP contribution < -0.4 is 5.32 Å². The molecule has 1 aliphatic rings. The van der Waals surface area contributed by atoms with Crippen molar-refractivity contribution in [2.24, 2.45) is 0 Å². The van der Waals surface area contributed by atoms with Crippen LogP contribution in [0.2, 0.25) is 5.02 Å². The third kappa shape index (κ3) is 4.15. The molecule has 7 heteroatoms. The van der Waals surface area contributed by atoms with Gasteiger partial charge in [-0.1, -0.05) is 11.6 Å². The van der Waals surface area contributed by atoms with E-state index in [0.717, 1.165) is 19.4 Å². The molecule has 1 N–H and O–H groups in total. The molecule has 0 saturated carbocycles. The molecule has 0 aliphatic carbocycles. The van der Waals surface area contributed by atoms with Gasteiger partial charge in [0.15, 0.2) is 0 Å². The summed E-state index contributed by atoms with van der Waals surface area (Å²) in [4.78, 5) is 22.2. The standard InChI is InChI=1S/C14H17ClN2O4/c1-9-7-11(15)13(17(19)20)8-12(9)16-14(18)5-4-10-3-2-6-21-10/h7-8,10H,2-6H2,1H3,(H,16,18)/t10-/m0/s1. The number of benzene rings is 1. The van der Waals surface area contributed by atoms with E-state index < -0.39 is 4.92 Å². The molecule has 1 fully saturated rings. The quantitative estimate of drug-likeness (QED) is 0.667. The lowest BCUT2D eigenvalue weighted by Crippen LogP contribution is -2.16. The van der Waals surface area contributed by atoms with E-state index in [-0.39, 0.29) is 22.7 Å². The van der Waals surface area contributed by atoms with Crippen LogP contribution in [0, 0.1) is 17.0 Å². The van der Waals surface area contributed by atoms with Crippen molar-refractivity contribution in [1.29, 1.82) is 0 Å². The van der Waals surface area contributed by atoms with Crippen molar-refractivity contribution in [1.82, 2.24) is 0 Å². The number of ether oxygens (including phenoxy) is 1. The summed E-state index contributed by atoms with van der Waals surface area (Å²) in [5.41, 5.74) is 0.899. The highest BCUT2D eigenvalue weighted by molar-refractivity contribution is 6.32. The summed E-state index contributed by atoms with van der Waals surface area (Å²) in [5.74, 6) is -0.176. The Morgan fingerprint density at radius 2 is 2.33 bits per heavy atom. The topological polar surface area (TPSA) is 81.5 Å². The van der Waals surface area contributed by atoms with Gasteiger partial charge in [0, 0.05) is 19.1 Å². The smallest absolute Gasteiger partial charge is 0.289 e. The fraction of sp³-hybridized carbons (Fsp3) is 0.500. The van der Waals surface area contributed by atoms with Crippen molar-refractivity contribution in [2.45, 2.75) is 38.7 Å². The molecule has 0 radical (unpaired) electrons. The highest BCUT2D eigenvalue weighted by atomic mass is 35.5. The van der Waals surface area contributed by atoms with Crippen molar-refractivity contribution in [3.05, 3.63) is 32.8 Å². The third-order valence-electron chi connectivity index (χ3n) is 3.48. The molecule has 0 bridgehead atoms. The second kappa shape index (κ2) is 6.87. The average Bonchev–Trinajstić information content (AvgIpc) is 2.92. The fourth-order valence-corrected chi connectivity index (χ4v) is 2.60. The largest absolute Gasteiger partial charge is 0.378 e. The maximum absolute atomic E-state index is 11.9. The Morgan fingerprint density at radius 1 is 1.57 bits per heavy atom. The first-order valence-corrected chi connectivity index (χ1v) is 7.21. The lowest BCUT2D eigenvalue weighted by molar-refractivity contribution is -0.384. The zero-order valence-corrected chi connectivity index (χ0v) is 12.5. The highest BCUT2D eigenvalue weighted by Gasteiger charge is 2.19. The van der Waals surface area contributed by atoms with E-state index in [4.69, 9.17) is 16.3 Å². The number of nitrogens with one attached hydrogen (secondary N) is 1. The van der Waals surface area contributed by atoms with Gasteiger partial charge in [0.2, 0.25) is 5.91 Å². The summed E-state index contributed by atoms with van der Waals surface area (Å²) in [7, 11) is 0. The van der Waals surface area contributed by atoms with Gasteiger partial charge in [0.1, 0.15) is 5.02 Å². The molecule has 1 saturated heterocycles. The van der Waals surface area contributed by atoms with Crippen LogP contribution in [0.5, 0.6) is 0 Å². The number of amides is 1. The number of hydrogen-bond donors (Lipinski definition) is 1. The van der Waals surface area contributed by atoms with E-state index in [1.165, 1.54) is 12.1 Å². The minimum Gasteiger partial charge on any atom is -0.378 e. The molecule has 2 rings (SSSR count). The molecule has 0 unspecified atom stereocenters. The van der Waals surface area contributed by atoms with Crippen LogP contribution in [0.25, 0.3) is 0 Å². The number of carbonyl (C=O) groups excluding carboxylic acids is 1. The fourth-order valence-electron chi connectivity index (χ4n) is 2.31. The molecule has 1 heterocycles. The van der Waals surface area contributed by atoms with Crippen molar-refractivity contribution < 1.29 is 14.5 Å². The van der Waals surface area contributed by atoms with E-state index in [1.54, 1.807) is 6.92 Å². The van der Waals surface area contributed by atoms with Crippen LogP contribution >= 0.6 is 11.6 Å². The maximum Gasteiger partial charge on any atom is 0.289 e. The normalized spacial score (nSPS) is 17.7. The van der Waals surface area contributed by atoms with E-state index in [1.807, 2.05) is 0 Å². The minimum absolute atomic E-state index is 0.0647. The van der Waals surface area contributed by atoms with Gasteiger partial charge >= 0.3 is 0 Å². The van der Waals surface area contributed by atoms with Gasteiger partial charge in [0.05, 0.1) is 16.7 Å². The van der Waals surface area contributed by atoms with Crippen molar-refractivity contribution in [2.75, 3.05) is 11.9 Å². The van der Waals surface area contributed by atoms with Gasteiger partial charge < -0.3 is 10.1 Å². The number of hydrogen-bond acceptors (Lipinski definition) is 4. The van der Waals surface area contributed by atoms with Crippen LogP contribution in [-0.2, 0) is 9.53 Å². The number of rotatable bonds is 5. The molecule has 1 aliphatic heterocycles. The number of nitro groups is 1. The SMILES string of the molecule is Cc1cc(Cl)c([N+](=O)[O-])cc1NC(=O)CC[C@@H]1CCCO1. The minimum atomic E-state index is -0.566. The highest BCUT2D eigenvalue weighted by Crippen LogP contribution is 2.30. The Kier molecular flexibility index (Phi) is 5.14. The molecule has 1 aromatic carbocycles. The zero-order chi connectivity index (χ0) is 15.4. The molecule has 0 spiro atoms. The van der Waals surface area contributed by atoms with Crippen LogP contribution in [0.3, 0.4) is 0 Å². The van der Waals surface area contributed by atoms with E-state index in [2.05, 4.69) is 5.32 Å². The number of nitro benzene ring substituents is 1. The van der Waals surface area contributed by atoms with Crippen LogP contribution in [-0.4, -0.2) is 23.5 Å². The first-order chi connectivity index (χ1) is 9.97. The number of anilines is 1. The summed E-state index contributed by atoms with van der Waals surface area (Å²) in [5, 5.41) is 13.6. The summed E-state index contributed by atoms with van der Waals surface area (Å²) >= 11 is 5.81. The Morgan fingerprint density at radius 3 is 2.95 bits per heavy atom. The molecule has 0 aromatic heterocycles. The van der Waals surface area contributed by atoms with Crippen molar-refractivity contribution in [3.8, 4) is 0 Å². The van der Waals surface area contributed by atoms with Gasteiger partial charge in [-0.25, -0.2) is 0 Å². The van der Waals surface area contributed by atoms with Gasteiger partial charge in [-0.05, 0) is 37.8 Å². The lowest BCUT2D eigenvalue weighted by Gasteiger charge is -2.11. The Balaban J connectivity index is 1.99. The molecule has 1 amide bonds. The molecule has 1 atom stereocenters. The Bertz CT molecular complexity index is 556. The van der Waals surface area contributed by atoms with Crippen molar-refractivity contribution in [3.63, 3.8) is 0 Å². The number of halogens is 1. The predicted molar refractivity (Wildman–Crippen MR) is 79.7 cm³/mol. The molecule has 114 valence electrons. The second-order valence-electron chi connectivity index (χ2n) is 5.10. The Labute approximate surface area is 127 Å². The first kappa shape index (κ1) is 15.7. The number of aryl methyl sites for hydroxylation is 1. The summed E-state index contributed by atoms with van der Waals surface area (Å²) in [6.07, 6.45) is 3.17. The summed E-state index contributed by atoms with van der Waals surface area (Å²) in [6, 6.07) is 2.77. The molecule has 21 heavy (non-hydrogen) atoms. The molecular weight excluding hydrogens is 296 g/mol.